The molecule has 4 nitrogen and oxygen atoms in total. The topological polar surface area (TPSA) is 43.1 Å². The minimum atomic E-state index is 0. The van der Waals surface area contributed by atoms with E-state index in [1.165, 1.54) is 10.4 Å². The number of nitrogens with zero attached hydrogens (tertiary/aromatic N) is 4. The molecular weight excluding hydrogens is 324 g/mol. The van der Waals surface area contributed by atoms with E-state index in [1.54, 1.807) is 22.7 Å². The highest BCUT2D eigenvalue weighted by Gasteiger charge is 2.13. The lowest BCUT2D eigenvalue weighted by atomic mass is 10.1. The van der Waals surface area contributed by atoms with Crippen molar-refractivity contribution in [2.24, 2.45) is 0 Å². The summed E-state index contributed by atoms with van der Waals surface area (Å²) in [7, 11) is 0. The number of thiophene rings is 1. The van der Waals surface area contributed by atoms with E-state index in [9.17, 15) is 0 Å². The molecule has 7 heteroatoms. The van der Waals surface area contributed by atoms with Crippen LogP contribution in [0.15, 0.2) is 47.8 Å². The third-order valence-corrected chi connectivity index (χ3v) is 4.93. The molecule has 0 aliphatic heterocycles. The standard InChI is InChI=1S/C14H10N4S2.ClH/c1-2-5-10(6-3-1)9-12-15-16-14-18(12)17-13(20-14)11-7-4-8-19-11;/h1-8H,9H2;1H. The summed E-state index contributed by atoms with van der Waals surface area (Å²) in [4.78, 5) is 2.02. The molecule has 0 atom stereocenters. The highest BCUT2D eigenvalue weighted by molar-refractivity contribution is 7.23. The summed E-state index contributed by atoms with van der Waals surface area (Å²) in [5, 5.41) is 16.1. The molecule has 21 heavy (non-hydrogen) atoms. The van der Waals surface area contributed by atoms with E-state index in [2.05, 4.69) is 38.9 Å². The lowest BCUT2D eigenvalue weighted by Crippen LogP contribution is -1.97. The maximum atomic E-state index is 4.63. The first-order chi connectivity index (χ1) is 9.90. The second-order valence-electron chi connectivity index (χ2n) is 4.36. The van der Waals surface area contributed by atoms with Crippen LogP contribution in [0.2, 0.25) is 0 Å². The van der Waals surface area contributed by atoms with Crippen LogP contribution >= 0.6 is 35.1 Å². The zero-order chi connectivity index (χ0) is 13.4. The van der Waals surface area contributed by atoms with Crippen LogP contribution < -0.4 is 0 Å². The van der Waals surface area contributed by atoms with Crippen LogP contribution in [0, 0.1) is 0 Å². The number of fused-ring (bicyclic) bond motifs is 1. The minimum absolute atomic E-state index is 0. The van der Waals surface area contributed by atoms with E-state index in [0.717, 1.165) is 22.2 Å². The van der Waals surface area contributed by atoms with Crippen LogP contribution in [-0.4, -0.2) is 19.8 Å². The van der Waals surface area contributed by atoms with Crippen molar-refractivity contribution in [3.63, 3.8) is 0 Å². The number of rotatable bonds is 3. The molecule has 0 fully saturated rings. The predicted octanol–water partition coefficient (Wildman–Crippen LogP) is 3.93. The molecule has 3 aromatic heterocycles. The predicted molar refractivity (Wildman–Crippen MR) is 88.5 cm³/mol. The van der Waals surface area contributed by atoms with Crippen LogP contribution in [0.1, 0.15) is 11.4 Å². The summed E-state index contributed by atoms with van der Waals surface area (Å²) in [5.41, 5.74) is 1.22. The molecule has 0 saturated heterocycles. The Bertz CT molecular complexity index is 837. The zero-order valence-corrected chi connectivity index (χ0v) is 13.3. The average molecular weight is 335 g/mol. The molecule has 3 heterocycles. The van der Waals surface area contributed by atoms with Gasteiger partial charge in [0.2, 0.25) is 4.96 Å². The lowest BCUT2D eigenvalue weighted by Gasteiger charge is -1.97. The maximum Gasteiger partial charge on any atom is 0.235 e. The zero-order valence-electron chi connectivity index (χ0n) is 10.8. The van der Waals surface area contributed by atoms with Crippen LogP contribution in [-0.2, 0) is 6.42 Å². The third kappa shape index (κ3) is 2.70. The van der Waals surface area contributed by atoms with Gasteiger partial charge in [0.25, 0.3) is 0 Å². The van der Waals surface area contributed by atoms with Crippen molar-refractivity contribution >= 4 is 40.0 Å². The van der Waals surface area contributed by atoms with E-state index in [-0.39, 0.29) is 12.4 Å². The van der Waals surface area contributed by atoms with E-state index >= 15 is 0 Å². The molecule has 0 radical (unpaired) electrons. The highest BCUT2D eigenvalue weighted by atomic mass is 35.5. The fraction of sp³-hybridized carbons (Fsp3) is 0.0714. The molecule has 4 aromatic rings. The second kappa shape index (κ2) is 5.93. The quantitative estimate of drug-likeness (QED) is 0.570. The van der Waals surface area contributed by atoms with Crippen LogP contribution in [0.25, 0.3) is 14.8 Å². The van der Waals surface area contributed by atoms with Crippen molar-refractivity contribution in [1.29, 1.82) is 0 Å². The van der Waals surface area contributed by atoms with Gasteiger partial charge in [-0.25, -0.2) is 0 Å². The van der Waals surface area contributed by atoms with Gasteiger partial charge in [0.15, 0.2) is 10.8 Å². The maximum absolute atomic E-state index is 4.63. The van der Waals surface area contributed by atoms with Crippen molar-refractivity contribution in [2.75, 3.05) is 0 Å². The monoisotopic (exact) mass is 334 g/mol. The summed E-state index contributed by atoms with van der Waals surface area (Å²) < 4.78 is 1.85. The third-order valence-electron chi connectivity index (χ3n) is 2.99. The van der Waals surface area contributed by atoms with Gasteiger partial charge < -0.3 is 0 Å². The van der Waals surface area contributed by atoms with Crippen LogP contribution in [0.3, 0.4) is 0 Å². The Morgan fingerprint density at radius 2 is 1.86 bits per heavy atom. The molecular formula is C14H11ClN4S2. The average Bonchev–Trinajstić information content (AvgIpc) is 3.17. The van der Waals surface area contributed by atoms with Crippen molar-refractivity contribution < 1.29 is 0 Å². The van der Waals surface area contributed by atoms with E-state index in [4.69, 9.17) is 0 Å². The van der Waals surface area contributed by atoms with Gasteiger partial charge in [0, 0.05) is 6.42 Å². The smallest absolute Gasteiger partial charge is 0.187 e. The van der Waals surface area contributed by atoms with Gasteiger partial charge in [-0.1, -0.05) is 47.7 Å². The van der Waals surface area contributed by atoms with Gasteiger partial charge in [-0.05, 0) is 17.0 Å². The largest absolute Gasteiger partial charge is 0.235 e. The van der Waals surface area contributed by atoms with Gasteiger partial charge in [-0.3, -0.25) is 0 Å². The minimum Gasteiger partial charge on any atom is -0.187 e. The summed E-state index contributed by atoms with van der Waals surface area (Å²) in [5.74, 6) is 0.880. The highest BCUT2D eigenvalue weighted by Crippen LogP contribution is 2.29. The Morgan fingerprint density at radius 3 is 2.62 bits per heavy atom. The summed E-state index contributed by atoms with van der Waals surface area (Å²) in [6, 6.07) is 14.4. The first-order valence-corrected chi connectivity index (χ1v) is 7.89. The molecule has 0 amide bonds. The molecule has 0 aliphatic carbocycles. The summed E-state index contributed by atoms with van der Waals surface area (Å²) in [6.45, 7) is 0. The van der Waals surface area contributed by atoms with Crippen LogP contribution in [0.4, 0.5) is 0 Å². The summed E-state index contributed by atoms with van der Waals surface area (Å²) >= 11 is 3.27. The van der Waals surface area contributed by atoms with Crippen molar-refractivity contribution in [2.45, 2.75) is 6.42 Å². The first-order valence-electron chi connectivity index (χ1n) is 6.19. The first kappa shape index (κ1) is 14.2. The lowest BCUT2D eigenvalue weighted by molar-refractivity contribution is 0.855. The van der Waals surface area contributed by atoms with Crippen molar-refractivity contribution in [3.8, 4) is 9.88 Å². The molecule has 1 aromatic carbocycles. The van der Waals surface area contributed by atoms with Gasteiger partial charge in [-0.15, -0.1) is 33.9 Å². The molecule has 106 valence electrons. The van der Waals surface area contributed by atoms with Gasteiger partial charge in [0.1, 0.15) is 0 Å². The number of aromatic nitrogens is 4. The SMILES string of the molecule is Cl.c1ccc(Cc2nnc3sc(-c4cccs4)nn23)cc1. The number of hydrogen-bond acceptors (Lipinski definition) is 5. The second-order valence-corrected chi connectivity index (χ2v) is 6.26. The van der Waals surface area contributed by atoms with Crippen molar-refractivity contribution in [3.05, 3.63) is 59.2 Å². The van der Waals surface area contributed by atoms with Gasteiger partial charge in [0.05, 0.1) is 4.88 Å². The Balaban J connectivity index is 0.00000132. The molecule has 0 bridgehead atoms. The normalized spacial score (nSPS) is 10.7. The van der Waals surface area contributed by atoms with Gasteiger partial charge in [-0.2, -0.15) is 9.61 Å². The molecule has 0 saturated carbocycles. The Hall–Kier alpha value is -1.76. The fourth-order valence-corrected chi connectivity index (χ4v) is 3.70. The van der Waals surface area contributed by atoms with Crippen molar-refractivity contribution in [1.82, 2.24) is 19.8 Å². The Kier molecular flexibility index (Phi) is 4.01. The summed E-state index contributed by atoms with van der Waals surface area (Å²) in [6.07, 6.45) is 0.746. The van der Waals surface area contributed by atoms with E-state index < -0.39 is 0 Å². The molecule has 0 aliphatic rings. The number of hydrogen-bond donors (Lipinski definition) is 0. The van der Waals surface area contributed by atoms with Crippen LogP contribution in [0.5, 0.6) is 0 Å². The molecule has 4 rings (SSSR count). The number of benzene rings is 1. The van der Waals surface area contributed by atoms with Gasteiger partial charge >= 0.3 is 0 Å². The van der Waals surface area contributed by atoms with E-state index in [1.807, 2.05) is 28.8 Å². The number of halogens is 1. The Labute approximate surface area is 135 Å². The Morgan fingerprint density at radius 1 is 1.00 bits per heavy atom. The molecule has 0 unspecified atom stereocenters. The molecule has 0 N–H and O–H groups in total. The molecule has 0 spiro atoms. The fourth-order valence-electron chi connectivity index (χ4n) is 2.05. The van der Waals surface area contributed by atoms with E-state index in [0.29, 0.717) is 0 Å².